The third kappa shape index (κ3) is 2.12. The van der Waals surface area contributed by atoms with Gasteiger partial charge in [-0.3, -0.25) is 4.79 Å². The zero-order valence-corrected chi connectivity index (χ0v) is 10.2. The van der Waals surface area contributed by atoms with Gasteiger partial charge in [-0.25, -0.2) is 4.39 Å². The van der Waals surface area contributed by atoms with E-state index in [1.165, 1.54) is 23.5 Å². The molecule has 5 heteroatoms. The third-order valence-electron chi connectivity index (χ3n) is 2.01. The van der Waals surface area contributed by atoms with Crippen LogP contribution in [0.2, 0.25) is 10.0 Å². The number of carbonyl (C=O) groups is 1. The van der Waals surface area contributed by atoms with Crippen LogP contribution < -0.4 is 0 Å². The lowest BCUT2D eigenvalue weighted by Gasteiger charge is -2.00. The molecule has 0 amide bonds. The normalized spacial score (nSPS) is 10.4. The van der Waals surface area contributed by atoms with Crippen LogP contribution in [0.3, 0.4) is 0 Å². The van der Waals surface area contributed by atoms with E-state index >= 15 is 0 Å². The highest BCUT2D eigenvalue weighted by Gasteiger charge is 2.15. The SMILES string of the molecule is O=C(c1ccc(Cl)c(F)c1)c1sccc1Cl. The smallest absolute Gasteiger partial charge is 0.204 e. The van der Waals surface area contributed by atoms with E-state index in [1.54, 1.807) is 11.4 Å². The van der Waals surface area contributed by atoms with Gasteiger partial charge in [0, 0.05) is 5.56 Å². The molecule has 0 aliphatic heterocycles. The van der Waals surface area contributed by atoms with Crippen molar-refractivity contribution < 1.29 is 9.18 Å². The third-order valence-corrected chi connectivity index (χ3v) is 3.65. The summed E-state index contributed by atoms with van der Waals surface area (Å²) in [5.41, 5.74) is 0.242. The highest BCUT2D eigenvalue weighted by Crippen LogP contribution is 2.26. The van der Waals surface area contributed by atoms with E-state index in [1.807, 2.05) is 0 Å². The number of thiophene rings is 1. The molecule has 1 heterocycles. The van der Waals surface area contributed by atoms with E-state index in [9.17, 15) is 9.18 Å². The Bertz CT molecular complexity index is 551. The number of hydrogen-bond donors (Lipinski definition) is 0. The van der Waals surface area contributed by atoms with Crippen molar-refractivity contribution in [2.45, 2.75) is 0 Å². The predicted molar refractivity (Wildman–Crippen MR) is 64.2 cm³/mol. The molecule has 2 aromatic rings. The van der Waals surface area contributed by atoms with Gasteiger partial charge in [0.25, 0.3) is 0 Å². The molecule has 1 aromatic heterocycles. The molecule has 16 heavy (non-hydrogen) atoms. The number of ketones is 1. The number of hydrogen-bond acceptors (Lipinski definition) is 2. The lowest BCUT2D eigenvalue weighted by molar-refractivity contribution is 0.104. The fourth-order valence-corrected chi connectivity index (χ4v) is 2.44. The lowest BCUT2D eigenvalue weighted by Crippen LogP contribution is -1.99. The first-order valence-corrected chi connectivity index (χ1v) is 5.96. The summed E-state index contributed by atoms with van der Waals surface area (Å²) < 4.78 is 13.2. The first-order chi connectivity index (χ1) is 7.59. The van der Waals surface area contributed by atoms with Crippen LogP contribution >= 0.6 is 34.5 Å². The lowest BCUT2D eigenvalue weighted by atomic mass is 10.1. The second kappa shape index (κ2) is 4.53. The van der Waals surface area contributed by atoms with Gasteiger partial charge in [0.1, 0.15) is 5.82 Å². The molecule has 0 bridgehead atoms. The summed E-state index contributed by atoms with van der Waals surface area (Å²) in [4.78, 5) is 12.3. The van der Waals surface area contributed by atoms with Crippen molar-refractivity contribution in [3.8, 4) is 0 Å². The summed E-state index contributed by atoms with van der Waals surface area (Å²) in [5.74, 6) is -0.907. The van der Waals surface area contributed by atoms with E-state index in [2.05, 4.69) is 0 Å². The Balaban J connectivity index is 2.42. The fraction of sp³-hybridized carbons (Fsp3) is 0. The van der Waals surface area contributed by atoms with Crippen LogP contribution in [0.25, 0.3) is 0 Å². The summed E-state index contributed by atoms with van der Waals surface area (Å²) in [6.07, 6.45) is 0. The van der Waals surface area contributed by atoms with E-state index < -0.39 is 5.82 Å². The highest BCUT2D eigenvalue weighted by atomic mass is 35.5. The van der Waals surface area contributed by atoms with Crippen molar-refractivity contribution >= 4 is 40.3 Å². The molecule has 0 radical (unpaired) electrons. The predicted octanol–water partition coefficient (Wildman–Crippen LogP) is 4.43. The van der Waals surface area contributed by atoms with Crippen LogP contribution in [0, 0.1) is 5.82 Å². The Morgan fingerprint density at radius 3 is 2.50 bits per heavy atom. The minimum Gasteiger partial charge on any atom is -0.288 e. The average Bonchev–Trinajstić information content (AvgIpc) is 2.67. The molecule has 0 aliphatic rings. The molecular formula is C11H5Cl2FOS. The van der Waals surface area contributed by atoms with E-state index in [-0.39, 0.29) is 16.4 Å². The van der Waals surface area contributed by atoms with Gasteiger partial charge in [-0.2, -0.15) is 0 Å². The molecular weight excluding hydrogens is 270 g/mol. The Kier molecular flexibility index (Phi) is 3.28. The van der Waals surface area contributed by atoms with Crippen LogP contribution in [0.1, 0.15) is 15.2 Å². The van der Waals surface area contributed by atoms with Crippen LogP contribution in [0.4, 0.5) is 4.39 Å². The quantitative estimate of drug-likeness (QED) is 0.741. The molecule has 2 rings (SSSR count). The van der Waals surface area contributed by atoms with Gasteiger partial charge in [-0.1, -0.05) is 23.2 Å². The average molecular weight is 275 g/mol. The van der Waals surface area contributed by atoms with Gasteiger partial charge in [-0.05, 0) is 29.6 Å². The van der Waals surface area contributed by atoms with Crippen molar-refractivity contribution in [3.63, 3.8) is 0 Å². The highest BCUT2D eigenvalue weighted by molar-refractivity contribution is 7.13. The maximum absolute atomic E-state index is 13.2. The zero-order valence-electron chi connectivity index (χ0n) is 7.84. The first kappa shape index (κ1) is 11.6. The Hall–Kier alpha value is -0.900. The van der Waals surface area contributed by atoms with E-state index in [0.717, 1.165) is 6.07 Å². The van der Waals surface area contributed by atoms with Gasteiger partial charge in [0.15, 0.2) is 0 Å². The Morgan fingerprint density at radius 1 is 1.19 bits per heavy atom. The van der Waals surface area contributed by atoms with Crippen LogP contribution in [0.5, 0.6) is 0 Å². The minimum atomic E-state index is -0.611. The van der Waals surface area contributed by atoms with Gasteiger partial charge in [0.05, 0.1) is 14.9 Å². The second-order valence-corrected chi connectivity index (χ2v) is 4.79. The number of halogens is 3. The molecule has 0 unspecified atom stereocenters. The van der Waals surface area contributed by atoms with Crippen LogP contribution in [-0.2, 0) is 0 Å². The zero-order chi connectivity index (χ0) is 11.7. The largest absolute Gasteiger partial charge is 0.288 e. The molecule has 0 fully saturated rings. The van der Waals surface area contributed by atoms with Gasteiger partial charge in [-0.15, -0.1) is 11.3 Å². The molecule has 1 nitrogen and oxygen atoms in total. The molecule has 1 aromatic carbocycles. The van der Waals surface area contributed by atoms with Crippen molar-refractivity contribution in [1.82, 2.24) is 0 Å². The molecule has 0 saturated heterocycles. The van der Waals surface area contributed by atoms with Crippen molar-refractivity contribution in [2.24, 2.45) is 0 Å². The van der Waals surface area contributed by atoms with Gasteiger partial charge >= 0.3 is 0 Å². The van der Waals surface area contributed by atoms with E-state index in [4.69, 9.17) is 23.2 Å². The van der Waals surface area contributed by atoms with Crippen molar-refractivity contribution in [2.75, 3.05) is 0 Å². The number of carbonyl (C=O) groups excluding carboxylic acids is 1. The van der Waals surface area contributed by atoms with Crippen molar-refractivity contribution in [3.05, 3.63) is 55.9 Å². The molecule has 0 aliphatic carbocycles. The standard InChI is InChI=1S/C11H5Cl2FOS/c12-7-2-1-6(5-9(7)14)10(15)11-8(13)3-4-16-11/h1-5H. The Labute approximate surface area is 105 Å². The van der Waals surface area contributed by atoms with Crippen LogP contribution in [-0.4, -0.2) is 5.78 Å². The van der Waals surface area contributed by atoms with Crippen molar-refractivity contribution in [1.29, 1.82) is 0 Å². The summed E-state index contributed by atoms with van der Waals surface area (Å²) in [6, 6.07) is 5.57. The number of rotatable bonds is 2. The van der Waals surface area contributed by atoms with E-state index in [0.29, 0.717) is 9.90 Å². The molecule has 0 spiro atoms. The Morgan fingerprint density at radius 2 is 1.94 bits per heavy atom. The molecule has 0 saturated carbocycles. The second-order valence-electron chi connectivity index (χ2n) is 3.06. The minimum absolute atomic E-state index is 0.00572. The monoisotopic (exact) mass is 274 g/mol. The summed E-state index contributed by atoms with van der Waals surface area (Å²) in [5, 5.41) is 2.08. The topological polar surface area (TPSA) is 17.1 Å². The summed E-state index contributed by atoms with van der Waals surface area (Å²) >= 11 is 12.6. The van der Waals surface area contributed by atoms with Gasteiger partial charge < -0.3 is 0 Å². The molecule has 0 atom stereocenters. The van der Waals surface area contributed by atoms with Gasteiger partial charge in [0.2, 0.25) is 5.78 Å². The maximum atomic E-state index is 13.2. The number of benzene rings is 1. The summed E-state index contributed by atoms with van der Waals surface area (Å²) in [7, 11) is 0. The van der Waals surface area contributed by atoms with Crippen LogP contribution in [0.15, 0.2) is 29.6 Å². The maximum Gasteiger partial charge on any atom is 0.204 e. The fourth-order valence-electron chi connectivity index (χ4n) is 1.22. The first-order valence-electron chi connectivity index (χ1n) is 4.32. The molecule has 82 valence electrons. The summed E-state index contributed by atoms with van der Waals surface area (Å²) in [6.45, 7) is 0. The molecule has 0 N–H and O–H groups in total.